The Labute approximate surface area is 506 Å². The second-order valence-electron chi connectivity index (χ2n) is 24.7. The average Bonchev–Trinajstić information content (AvgIpc) is 3.57. The van der Waals surface area contributed by atoms with Crippen molar-refractivity contribution >= 4 is 5.91 Å². The molecule has 9 heteroatoms. The molecule has 0 aliphatic carbocycles. The summed E-state index contributed by atoms with van der Waals surface area (Å²) in [7, 11) is 0. The molecule has 1 rings (SSSR count). The van der Waals surface area contributed by atoms with E-state index in [4.69, 9.17) is 9.47 Å². The van der Waals surface area contributed by atoms with Gasteiger partial charge in [0.2, 0.25) is 5.91 Å². The van der Waals surface area contributed by atoms with Gasteiger partial charge in [-0.25, -0.2) is 0 Å². The van der Waals surface area contributed by atoms with Crippen molar-refractivity contribution in [2.45, 2.75) is 384 Å². The van der Waals surface area contributed by atoms with Crippen LogP contribution in [-0.2, 0) is 14.3 Å². The molecule has 0 aromatic carbocycles. The van der Waals surface area contributed by atoms with Crippen molar-refractivity contribution in [3.05, 3.63) is 60.8 Å². The fourth-order valence-corrected chi connectivity index (χ4v) is 11.2. The van der Waals surface area contributed by atoms with Gasteiger partial charge in [0.15, 0.2) is 6.29 Å². The van der Waals surface area contributed by atoms with Crippen molar-refractivity contribution in [3.63, 3.8) is 0 Å². The molecule has 7 unspecified atom stereocenters. The summed E-state index contributed by atoms with van der Waals surface area (Å²) in [5, 5.41) is 54.6. The number of hydrogen-bond donors (Lipinski definition) is 6. The molecular weight excluding hydrogens is 1020 g/mol. The molecule has 0 aromatic rings. The number of carbonyl (C=O) groups excluding carboxylic acids is 1. The molecule has 9 nitrogen and oxygen atoms in total. The van der Waals surface area contributed by atoms with E-state index >= 15 is 0 Å². The number of aliphatic hydroxyl groups excluding tert-OH is 5. The first-order valence-electron chi connectivity index (χ1n) is 35.5. The fourth-order valence-electron chi connectivity index (χ4n) is 11.2. The summed E-state index contributed by atoms with van der Waals surface area (Å²) in [4.78, 5) is 13.1. The van der Waals surface area contributed by atoms with Gasteiger partial charge >= 0.3 is 0 Å². The Hall–Kier alpha value is -2.11. The first kappa shape index (κ1) is 77.9. The molecule has 1 heterocycles. The Kier molecular flexibility index (Phi) is 58.9. The number of unbranched alkanes of at least 4 members (excludes halogenated alkanes) is 44. The smallest absolute Gasteiger partial charge is 0.220 e. The van der Waals surface area contributed by atoms with Crippen LogP contribution >= 0.6 is 0 Å². The van der Waals surface area contributed by atoms with E-state index in [1.807, 2.05) is 6.08 Å². The molecule has 0 bridgehead atoms. The molecule has 0 spiro atoms. The van der Waals surface area contributed by atoms with E-state index in [0.29, 0.717) is 6.42 Å². The summed E-state index contributed by atoms with van der Waals surface area (Å²) in [6.07, 6.45) is 79.2. The predicted molar refractivity (Wildman–Crippen MR) is 350 cm³/mol. The van der Waals surface area contributed by atoms with Gasteiger partial charge in [-0.15, -0.1) is 0 Å². The zero-order valence-corrected chi connectivity index (χ0v) is 53.8. The number of carbonyl (C=O) groups is 1. The summed E-state index contributed by atoms with van der Waals surface area (Å²) < 4.78 is 11.3. The van der Waals surface area contributed by atoms with Crippen LogP contribution in [0.4, 0.5) is 0 Å². The van der Waals surface area contributed by atoms with E-state index in [1.54, 1.807) is 6.08 Å². The van der Waals surface area contributed by atoms with Crippen LogP contribution in [0, 0.1) is 0 Å². The Morgan fingerprint density at radius 3 is 1.10 bits per heavy atom. The number of amides is 1. The minimum absolute atomic E-state index is 0.187. The van der Waals surface area contributed by atoms with Crippen LogP contribution in [-0.4, -0.2) is 87.5 Å². The summed E-state index contributed by atoms with van der Waals surface area (Å²) in [5.74, 6) is -0.187. The number of ether oxygens (including phenoxy) is 2. The summed E-state index contributed by atoms with van der Waals surface area (Å²) >= 11 is 0. The van der Waals surface area contributed by atoms with Crippen LogP contribution < -0.4 is 5.32 Å². The highest BCUT2D eigenvalue weighted by Gasteiger charge is 2.44. The Balaban J connectivity index is 2.09. The molecule has 0 aromatic heterocycles. The largest absolute Gasteiger partial charge is 0.394 e. The van der Waals surface area contributed by atoms with Crippen molar-refractivity contribution in [2.75, 3.05) is 13.2 Å². The normalized spacial score (nSPS) is 18.6. The van der Waals surface area contributed by atoms with E-state index in [0.717, 1.165) is 51.4 Å². The molecule has 1 fully saturated rings. The van der Waals surface area contributed by atoms with E-state index < -0.39 is 49.5 Å². The van der Waals surface area contributed by atoms with Gasteiger partial charge in [-0.1, -0.05) is 319 Å². The molecule has 480 valence electrons. The SMILES string of the molecule is CCCCCCCCCCCC/C=C/CC/C=C/CC/C=C/C(O)C(COC1OC(CO)C(O)C(O)C1O)NC(=O)CCCCCCCCCCCCCCCCCCC/C=C\C/C=C\CCCCCCCCCCCCCCCCC. The monoisotopic (exact) mass is 1150 g/mol. The second-order valence-corrected chi connectivity index (χ2v) is 24.7. The summed E-state index contributed by atoms with van der Waals surface area (Å²) in [5.41, 5.74) is 0. The summed E-state index contributed by atoms with van der Waals surface area (Å²) in [6, 6.07) is -0.831. The maximum absolute atomic E-state index is 13.1. The van der Waals surface area contributed by atoms with Gasteiger partial charge in [0.05, 0.1) is 25.4 Å². The predicted octanol–water partition coefficient (Wildman–Crippen LogP) is 19.4. The molecule has 1 aliphatic rings. The number of aliphatic hydroxyl groups is 5. The minimum Gasteiger partial charge on any atom is -0.394 e. The number of nitrogens with one attached hydrogen (secondary N) is 1. The molecule has 0 saturated carbocycles. The van der Waals surface area contributed by atoms with Gasteiger partial charge in [0.1, 0.15) is 24.4 Å². The van der Waals surface area contributed by atoms with Crippen molar-refractivity contribution in [1.82, 2.24) is 5.32 Å². The lowest BCUT2D eigenvalue weighted by Gasteiger charge is -2.40. The van der Waals surface area contributed by atoms with Crippen molar-refractivity contribution in [2.24, 2.45) is 0 Å². The highest BCUT2D eigenvalue weighted by molar-refractivity contribution is 5.76. The standard InChI is InChI=1S/C73H135NO8/c1-3-5-7-9-11-13-15-17-19-21-23-25-26-27-28-29-30-31-32-33-34-35-36-37-38-39-40-41-42-43-45-47-49-51-53-55-57-59-61-63-69(77)74-66(65-81-73-72(80)71(79)70(78)68(64-75)82-73)67(76)62-60-58-56-54-52-50-48-46-44-24-22-20-18-16-14-12-10-8-6-4-2/h30-31,33-34,44,46,52,54,60,62,66-68,70-73,75-76,78-80H,3-29,32,35-43,45,47-51,53,55-59,61,63-65H2,1-2H3,(H,74,77)/b31-30-,34-33-,46-44+,54-52+,62-60+. The quantitative estimate of drug-likeness (QED) is 0.0261. The van der Waals surface area contributed by atoms with Gasteiger partial charge in [-0.05, 0) is 77.0 Å². The van der Waals surface area contributed by atoms with Crippen LogP contribution in [0.1, 0.15) is 341 Å². The lowest BCUT2D eigenvalue weighted by molar-refractivity contribution is -0.302. The molecular formula is C73H135NO8. The van der Waals surface area contributed by atoms with Crippen LogP contribution in [0.25, 0.3) is 0 Å². The Bertz CT molecular complexity index is 1480. The number of rotatable bonds is 62. The molecule has 7 atom stereocenters. The molecule has 1 saturated heterocycles. The van der Waals surface area contributed by atoms with Crippen molar-refractivity contribution < 1.29 is 39.8 Å². The van der Waals surface area contributed by atoms with E-state index in [1.165, 1.54) is 270 Å². The average molecular weight is 1150 g/mol. The third kappa shape index (κ3) is 50.1. The summed E-state index contributed by atoms with van der Waals surface area (Å²) in [6.45, 7) is 3.79. The zero-order valence-electron chi connectivity index (χ0n) is 53.8. The lowest BCUT2D eigenvalue weighted by atomic mass is 9.99. The second kappa shape index (κ2) is 62.0. The van der Waals surface area contributed by atoms with E-state index in [9.17, 15) is 30.3 Å². The first-order valence-corrected chi connectivity index (χ1v) is 35.5. The number of allylic oxidation sites excluding steroid dienone is 9. The maximum Gasteiger partial charge on any atom is 0.220 e. The van der Waals surface area contributed by atoms with Crippen molar-refractivity contribution in [3.8, 4) is 0 Å². The van der Waals surface area contributed by atoms with Gasteiger partial charge in [-0.3, -0.25) is 4.79 Å². The molecule has 1 amide bonds. The minimum atomic E-state index is -1.58. The van der Waals surface area contributed by atoms with Gasteiger partial charge in [0, 0.05) is 6.42 Å². The number of hydrogen-bond acceptors (Lipinski definition) is 8. The molecule has 6 N–H and O–H groups in total. The highest BCUT2D eigenvalue weighted by atomic mass is 16.7. The van der Waals surface area contributed by atoms with E-state index in [2.05, 4.69) is 67.8 Å². The third-order valence-electron chi connectivity index (χ3n) is 16.8. The van der Waals surface area contributed by atoms with E-state index in [-0.39, 0.29) is 12.5 Å². The topological polar surface area (TPSA) is 149 Å². The molecule has 0 radical (unpaired) electrons. The Morgan fingerprint density at radius 2 is 0.732 bits per heavy atom. The highest BCUT2D eigenvalue weighted by Crippen LogP contribution is 2.23. The van der Waals surface area contributed by atoms with Crippen LogP contribution in [0.3, 0.4) is 0 Å². The van der Waals surface area contributed by atoms with Gasteiger partial charge in [0.25, 0.3) is 0 Å². The van der Waals surface area contributed by atoms with Crippen LogP contribution in [0.15, 0.2) is 60.8 Å². The first-order chi connectivity index (χ1) is 40.3. The molecule has 1 aliphatic heterocycles. The third-order valence-corrected chi connectivity index (χ3v) is 16.8. The fraction of sp³-hybridized carbons (Fsp3) is 0.849. The van der Waals surface area contributed by atoms with Crippen LogP contribution in [0.5, 0.6) is 0 Å². The molecule has 82 heavy (non-hydrogen) atoms. The van der Waals surface area contributed by atoms with Crippen molar-refractivity contribution in [1.29, 1.82) is 0 Å². The van der Waals surface area contributed by atoms with Gasteiger partial charge in [-0.2, -0.15) is 0 Å². The van der Waals surface area contributed by atoms with Crippen LogP contribution in [0.2, 0.25) is 0 Å². The lowest BCUT2D eigenvalue weighted by Crippen LogP contribution is -2.60. The van der Waals surface area contributed by atoms with Gasteiger partial charge < -0.3 is 40.3 Å². The zero-order chi connectivity index (χ0) is 59.3. The maximum atomic E-state index is 13.1. The Morgan fingerprint density at radius 1 is 0.415 bits per heavy atom.